The minimum absolute atomic E-state index is 0.0215. The summed E-state index contributed by atoms with van der Waals surface area (Å²) in [6.07, 6.45) is 29.3. The predicted molar refractivity (Wildman–Crippen MR) is 179 cm³/mol. The van der Waals surface area contributed by atoms with E-state index in [-0.39, 0.29) is 36.5 Å². The molecule has 256 valence electrons. The van der Waals surface area contributed by atoms with Gasteiger partial charge in [-0.15, -0.1) is 0 Å². The van der Waals surface area contributed by atoms with Crippen molar-refractivity contribution in [1.82, 2.24) is 0 Å². The van der Waals surface area contributed by atoms with Crippen LogP contribution in [0.1, 0.15) is 175 Å². The maximum Gasteiger partial charge on any atom is 0.334 e. The van der Waals surface area contributed by atoms with Gasteiger partial charge in [-0.3, -0.25) is 0 Å². The molecule has 3 rings (SSSR count). The Labute approximate surface area is 270 Å². The van der Waals surface area contributed by atoms with Crippen LogP contribution in [0.5, 0.6) is 0 Å². The molecular formula is C38H68O6. The molecule has 0 bridgehead atoms. The molecule has 8 unspecified atom stereocenters. The van der Waals surface area contributed by atoms with Crippen molar-refractivity contribution in [3.63, 3.8) is 0 Å². The van der Waals surface area contributed by atoms with Crippen LogP contribution in [-0.2, 0) is 19.0 Å². The molecular weight excluding hydrogens is 552 g/mol. The van der Waals surface area contributed by atoms with Crippen LogP contribution in [0.15, 0.2) is 11.6 Å². The maximum absolute atomic E-state index is 11.7. The summed E-state index contributed by atoms with van der Waals surface area (Å²) < 4.78 is 18.0. The Morgan fingerprint density at radius 3 is 1.77 bits per heavy atom. The lowest BCUT2D eigenvalue weighted by Crippen LogP contribution is -2.31. The lowest BCUT2D eigenvalue weighted by molar-refractivity contribution is -0.139. The second kappa shape index (κ2) is 21.8. The Balaban J connectivity index is 1.13. The Hall–Kier alpha value is -0.950. The number of esters is 1. The molecule has 3 aliphatic heterocycles. The van der Waals surface area contributed by atoms with Crippen LogP contribution in [0, 0.1) is 5.92 Å². The Morgan fingerprint density at radius 2 is 1.20 bits per heavy atom. The van der Waals surface area contributed by atoms with Crippen molar-refractivity contribution in [2.75, 3.05) is 0 Å². The summed E-state index contributed by atoms with van der Waals surface area (Å²) in [4.78, 5) is 11.7. The van der Waals surface area contributed by atoms with Gasteiger partial charge in [0.2, 0.25) is 0 Å². The van der Waals surface area contributed by atoms with Crippen LogP contribution in [-0.4, -0.2) is 58.9 Å². The average molecular weight is 621 g/mol. The van der Waals surface area contributed by atoms with E-state index in [1.165, 1.54) is 89.9 Å². The van der Waals surface area contributed by atoms with Gasteiger partial charge in [0.05, 0.1) is 36.6 Å². The minimum atomic E-state index is -0.453. The molecule has 2 saturated heterocycles. The van der Waals surface area contributed by atoms with E-state index >= 15 is 0 Å². The summed E-state index contributed by atoms with van der Waals surface area (Å²) in [6.45, 7) is 6.50. The average Bonchev–Trinajstić information content (AvgIpc) is 3.75. The van der Waals surface area contributed by atoms with Gasteiger partial charge in [0, 0.05) is 12.0 Å². The molecule has 0 aromatic heterocycles. The van der Waals surface area contributed by atoms with Crippen molar-refractivity contribution in [2.24, 2.45) is 5.92 Å². The lowest BCUT2D eigenvalue weighted by Gasteiger charge is -2.24. The lowest BCUT2D eigenvalue weighted by atomic mass is 9.94. The highest BCUT2D eigenvalue weighted by molar-refractivity contribution is 5.90. The standard InChI is InChI=1S/C38H68O6/c1-4-5-6-7-8-11-14-17-20-29(2)34-23-25-36(43-34)37-26-24-35(44-37)33(40)22-19-16-13-10-9-12-15-18-21-32(39)28-31-27-30(3)42-38(31)41/h27,29-30,32-37,39-40H,4-26,28H2,1-3H3. The molecule has 3 aliphatic rings. The van der Waals surface area contributed by atoms with Crippen molar-refractivity contribution in [3.8, 4) is 0 Å². The minimum Gasteiger partial charge on any atom is -0.455 e. The molecule has 6 heteroatoms. The SMILES string of the molecule is CCCCCCCCCCC(C)C1CCC(C2CCC(C(O)CCCCCCCCCCC(O)CC3=CC(C)OC3=O)O2)O1. The van der Waals surface area contributed by atoms with Crippen LogP contribution >= 0.6 is 0 Å². The Kier molecular flexibility index (Phi) is 18.6. The number of ether oxygens (including phenoxy) is 3. The number of aliphatic hydroxyl groups is 2. The number of carbonyl (C=O) groups excluding carboxylic acids is 1. The summed E-state index contributed by atoms with van der Waals surface area (Å²) in [6, 6.07) is 0. The van der Waals surface area contributed by atoms with Crippen LogP contribution < -0.4 is 0 Å². The number of hydrogen-bond donors (Lipinski definition) is 2. The zero-order valence-electron chi connectivity index (χ0n) is 28.7. The monoisotopic (exact) mass is 621 g/mol. The highest BCUT2D eigenvalue weighted by Crippen LogP contribution is 2.36. The molecule has 2 fully saturated rings. The van der Waals surface area contributed by atoms with Crippen LogP contribution in [0.4, 0.5) is 0 Å². The van der Waals surface area contributed by atoms with E-state index < -0.39 is 6.10 Å². The first-order valence-corrected chi connectivity index (χ1v) is 19.0. The van der Waals surface area contributed by atoms with Gasteiger partial charge in [0.15, 0.2) is 0 Å². The third-order valence-corrected chi connectivity index (χ3v) is 10.4. The predicted octanol–water partition coefficient (Wildman–Crippen LogP) is 9.13. The summed E-state index contributed by atoms with van der Waals surface area (Å²) in [5.74, 6) is 0.360. The van der Waals surface area contributed by atoms with Crippen LogP contribution in [0.3, 0.4) is 0 Å². The normalized spacial score (nSPS) is 27.4. The van der Waals surface area contributed by atoms with Crippen LogP contribution in [0.25, 0.3) is 0 Å². The zero-order valence-corrected chi connectivity index (χ0v) is 28.7. The van der Waals surface area contributed by atoms with Crippen molar-refractivity contribution < 1.29 is 29.2 Å². The summed E-state index contributed by atoms with van der Waals surface area (Å²) in [5.41, 5.74) is 0.625. The molecule has 44 heavy (non-hydrogen) atoms. The first-order valence-electron chi connectivity index (χ1n) is 19.0. The summed E-state index contributed by atoms with van der Waals surface area (Å²) in [7, 11) is 0. The van der Waals surface area contributed by atoms with E-state index in [1.807, 2.05) is 13.0 Å². The van der Waals surface area contributed by atoms with Crippen molar-refractivity contribution >= 4 is 5.97 Å². The highest BCUT2D eigenvalue weighted by Gasteiger charge is 2.40. The fourth-order valence-electron chi connectivity index (χ4n) is 7.53. The fourth-order valence-corrected chi connectivity index (χ4v) is 7.53. The number of unbranched alkanes of at least 4 members (excludes halogenated alkanes) is 14. The van der Waals surface area contributed by atoms with Gasteiger partial charge < -0.3 is 24.4 Å². The fraction of sp³-hybridized carbons (Fsp3) is 0.921. The first-order chi connectivity index (χ1) is 21.4. The summed E-state index contributed by atoms with van der Waals surface area (Å²) in [5, 5.41) is 21.0. The molecule has 0 aromatic carbocycles. The van der Waals surface area contributed by atoms with E-state index in [2.05, 4.69) is 13.8 Å². The maximum atomic E-state index is 11.7. The number of cyclic esters (lactones) is 1. The molecule has 0 saturated carbocycles. The topological polar surface area (TPSA) is 85.2 Å². The molecule has 0 aliphatic carbocycles. The van der Waals surface area contributed by atoms with Gasteiger partial charge >= 0.3 is 5.97 Å². The smallest absolute Gasteiger partial charge is 0.334 e. The molecule has 0 amide bonds. The molecule has 6 nitrogen and oxygen atoms in total. The number of hydrogen-bond acceptors (Lipinski definition) is 6. The van der Waals surface area contributed by atoms with E-state index in [1.54, 1.807) is 0 Å². The number of aliphatic hydroxyl groups excluding tert-OH is 2. The molecule has 0 aromatic rings. The zero-order chi connectivity index (χ0) is 31.6. The van der Waals surface area contributed by atoms with Gasteiger partial charge in [-0.25, -0.2) is 4.79 Å². The van der Waals surface area contributed by atoms with Gasteiger partial charge in [0.25, 0.3) is 0 Å². The molecule has 2 N–H and O–H groups in total. The quantitative estimate of drug-likeness (QED) is 0.0782. The highest BCUT2D eigenvalue weighted by atomic mass is 16.6. The number of carbonyl (C=O) groups is 1. The van der Waals surface area contributed by atoms with Gasteiger partial charge in [-0.05, 0) is 63.9 Å². The van der Waals surface area contributed by atoms with E-state index in [9.17, 15) is 15.0 Å². The van der Waals surface area contributed by atoms with Gasteiger partial charge in [-0.2, -0.15) is 0 Å². The van der Waals surface area contributed by atoms with E-state index in [0.29, 0.717) is 24.0 Å². The van der Waals surface area contributed by atoms with Crippen molar-refractivity contribution in [2.45, 2.75) is 218 Å². The van der Waals surface area contributed by atoms with E-state index in [4.69, 9.17) is 14.2 Å². The van der Waals surface area contributed by atoms with Gasteiger partial charge in [0.1, 0.15) is 6.10 Å². The number of rotatable bonds is 25. The molecule has 0 radical (unpaired) electrons. The van der Waals surface area contributed by atoms with Crippen molar-refractivity contribution in [3.05, 3.63) is 11.6 Å². The third-order valence-electron chi connectivity index (χ3n) is 10.4. The molecule has 3 heterocycles. The first kappa shape index (κ1) is 37.5. The third kappa shape index (κ3) is 14.2. The Bertz CT molecular complexity index is 798. The summed E-state index contributed by atoms with van der Waals surface area (Å²) >= 11 is 0. The van der Waals surface area contributed by atoms with Crippen LogP contribution in [0.2, 0.25) is 0 Å². The van der Waals surface area contributed by atoms with E-state index in [0.717, 1.165) is 57.8 Å². The largest absolute Gasteiger partial charge is 0.455 e. The second-order valence-electron chi connectivity index (χ2n) is 14.5. The molecule has 8 atom stereocenters. The van der Waals surface area contributed by atoms with Crippen molar-refractivity contribution in [1.29, 1.82) is 0 Å². The van der Waals surface area contributed by atoms with Gasteiger partial charge in [-0.1, -0.05) is 117 Å². The second-order valence-corrected chi connectivity index (χ2v) is 14.5. The molecule has 0 spiro atoms. The Morgan fingerprint density at radius 1 is 0.705 bits per heavy atom.